The van der Waals surface area contributed by atoms with E-state index in [4.69, 9.17) is 0 Å². The molecule has 0 saturated heterocycles. The van der Waals surface area contributed by atoms with Crippen molar-refractivity contribution in [2.24, 2.45) is 0 Å². The normalized spacial score (nSPS) is 12.3. The second-order valence-electron chi connectivity index (χ2n) is 3.72. The van der Waals surface area contributed by atoms with Crippen molar-refractivity contribution in [2.45, 2.75) is 39.8 Å². The maximum absolute atomic E-state index is 11.3. The molecule has 0 fully saturated rings. The van der Waals surface area contributed by atoms with E-state index < -0.39 is 6.04 Å². The fourth-order valence-corrected chi connectivity index (χ4v) is 0.982. The van der Waals surface area contributed by atoms with Crippen molar-refractivity contribution in [3.63, 3.8) is 0 Å². The molecule has 0 aromatic rings. The molecule has 0 aromatic carbocycles. The molecule has 5 nitrogen and oxygen atoms in total. The van der Waals surface area contributed by atoms with Gasteiger partial charge in [0.05, 0.1) is 6.54 Å². The molecule has 2 amide bonds. The molecule has 0 heterocycles. The predicted octanol–water partition coefficient (Wildman–Crippen LogP) is -0.375. The van der Waals surface area contributed by atoms with E-state index in [0.29, 0.717) is 6.54 Å². The molecule has 0 aliphatic heterocycles. The molecule has 1 unspecified atom stereocenters. The topological polar surface area (TPSA) is 70.2 Å². The van der Waals surface area contributed by atoms with Gasteiger partial charge in [-0.3, -0.25) is 9.59 Å². The Balaban J connectivity index is 3.80. The Labute approximate surface area is 91.0 Å². The molecule has 0 radical (unpaired) electrons. The van der Waals surface area contributed by atoms with Gasteiger partial charge in [0.1, 0.15) is 6.04 Å². The summed E-state index contributed by atoms with van der Waals surface area (Å²) in [4.78, 5) is 22.6. The minimum Gasteiger partial charge on any atom is -0.355 e. The fourth-order valence-electron chi connectivity index (χ4n) is 0.982. The third kappa shape index (κ3) is 6.90. The highest BCUT2D eigenvalue weighted by Crippen LogP contribution is 1.82. The van der Waals surface area contributed by atoms with Crippen LogP contribution in [-0.2, 0) is 9.59 Å². The Bertz CT molecular complexity index is 217. The van der Waals surface area contributed by atoms with Crippen LogP contribution in [0.2, 0.25) is 0 Å². The molecule has 0 aromatic heterocycles. The molecular formula is C10H21N3O2. The number of carbonyl (C=O) groups is 2. The van der Waals surface area contributed by atoms with Gasteiger partial charge in [0.2, 0.25) is 11.8 Å². The maximum atomic E-state index is 11.3. The Morgan fingerprint density at radius 3 is 2.27 bits per heavy atom. The summed E-state index contributed by atoms with van der Waals surface area (Å²) in [5, 5.41) is 8.23. The van der Waals surface area contributed by atoms with E-state index in [1.807, 2.05) is 20.8 Å². The fraction of sp³-hybridized carbons (Fsp3) is 0.800. The second kappa shape index (κ2) is 7.23. The number of nitrogens with one attached hydrogen (secondary N) is 3. The third-order valence-corrected chi connectivity index (χ3v) is 1.79. The van der Waals surface area contributed by atoms with E-state index in [9.17, 15) is 9.59 Å². The number of hydrogen-bond donors (Lipinski definition) is 3. The van der Waals surface area contributed by atoms with Gasteiger partial charge in [0, 0.05) is 12.6 Å². The van der Waals surface area contributed by atoms with E-state index in [1.54, 1.807) is 6.92 Å². The molecule has 0 rings (SSSR count). The average molecular weight is 215 g/mol. The monoisotopic (exact) mass is 215 g/mol. The Kier molecular flexibility index (Phi) is 6.70. The summed E-state index contributed by atoms with van der Waals surface area (Å²) in [5.74, 6) is -0.321. The van der Waals surface area contributed by atoms with Crippen LogP contribution in [0.25, 0.3) is 0 Å². The van der Waals surface area contributed by atoms with Crippen LogP contribution < -0.4 is 16.0 Å². The third-order valence-electron chi connectivity index (χ3n) is 1.79. The highest BCUT2D eigenvalue weighted by atomic mass is 16.2. The van der Waals surface area contributed by atoms with Crippen molar-refractivity contribution in [2.75, 3.05) is 13.1 Å². The molecule has 88 valence electrons. The van der Waals surface area contributed by atoms with Crippen LogP contribution in [0, 0.1) is 0 Å². The molecule has 3 N–H and O–H groups in total. The molecule has 0 bridgehead atoms. The standard InChI is InChI=1S/C10H21N3O2/c1-5-11-10(15)8(4)13-9(14)6-12-7(2)3/h7-8,12H,5-6H2,1-4H3,(H,11,15)(H,13,14). The number of likely N-dealkylation sites (N-methyl/N-ethyl adjacent to an activating group) is 1. The summed E-state index contributed by atoms with van der Waals surface area (Å²) in [7, 11) is 0. The van der Waals surface area contributed by atoms with Gasteiger partial charge < -0.3 is 16.0 Å². The molecule has 0 aliphatic carbocycles. The first kappa shape index (κ1) is 13.9. The zero-order chi connectivity index (χ0) is 11.8. The van der Waals surface area contributed by atoms with Crippen molar-refractivity contribution in [1.82, 2.24) is 16.0 Å². The Morgan fingerprint density at radius 1 is 1.20 bits per heavy atom. The highest BCUT2D eigenvalue weighted by Gasteiger charge is 2.14. The van der Waals surface area contributed by atoms with E-state index in [0.717, 1.165) is 0 Å². The van der Waals surface area contributed by atoms with Crippen molar-refractivity contribution >= 4 is 11.8 Å². The lowest BCUT2D eigenvalue weighted by Crippen LogP contribution is -2.47. The van der Waals surface area contributed by atoms with Crippen LogP contribution in [0.4, 0.5) is 0 Å². The highest BCUT2D eigenvalue weighted by molar-refractivity contribution is 5.87. The molecule has 0 saturated carbocycles. The summed E-state index contributed by atoms with van der Waals surface area (Å²) in [6, 6.07) is -0.220. The molecular weight excluding hydrogens is 194 g/mol. The van der Waals surface area contributed by atoms with Crippen LogP contribution in [0.1, 0.15) is 27.7 Å². The predicted molar refractivity (Wildman–Crippen MR) is 59.4 cm³/mol. The van der Waals surface area contributed by atoms with Gasteiger partial charge in [-0.1, -0.05) is 13.8 Å². The molecule has 0 spiro atoms. The van der Waals surface area contributed by atoms with Crippen LogP contribution in [0.5, 0.6) is 0 Å². The molecule has 0 aliphatic rings. The van der Waals surface area contributed by atoms with Gasteiger partial charge in [-0.05, 0) is 13.8 Å². The SMILES string of the molecule is CCNC(=O)C(C)NC(=O)CNC(C)C. The lowest BCUT2D eigenvalue weighted by molar-refractivity contribution is -0.128. The van der Waals surface area contributed by atoms with Gasteiger partial charge in [-0.25, -0.2) is 0 Å². The van der Waals surface area contributed by atoms with Gasteiger partial charge >= 0.3 is 0 Å². The number of carbonyl (C=O) groups excluding carboxylic acids is 2. The van der Waals surface area contributed by atoms with E-state index in [-0.39, 0.29) is 24.4 Å². The summed E-state index contributed by atoms with van der Waals surface area (Å²) in [5.41, 5.74) is 0. The smallest absolute Gasteiger partial charge is 0.242 e. The molecule has 15 heavy (non-hydrogen) atoms. The van der Waals surface area contributed by atoms with E-state index in [2.05, 4.69) is 16.0 Å². The molecule has 5 heteroatoms. The number of rotatable bonds is 6. The largest absolute Gasteiger partial charge is 0.355 e. The Morgan fingerprint density at radius 2 is 1.80 bits per heavy atom. The van der Waals surface area contributed by atoms with Crippen LogP contribution in [0.3, 0.4) is 0 Å². The van der Waals surface area contributed by atoms with Crippen molar-refractivity contribution in [3.8, 4) is 0 Å². The zero-order valence-electron chi connectivity index (χ0n) is 9.89. The first-order chi connectivity index (χ1) is 6.97. The second-order valence-corrected chi connectivity index (χ2v) is 3.72. The zero-order valence-corrected chi connectivity index (χ0v) is 9.89. The molecule has 1 atom stereocenters. The van der Waals surface area contributed by atoms with Gasteiger partial charge in [0.15, 0.2) is 0 Å². The minimum atomic E-state index is -0.480. The van der Waals surface area contributed by atoms with Crippen LogP contribution in [-0.4, -0.2) is 37.0 Å². The van der Waals surface area contributed by atoms with E-state index in [1.165, 1.54) is 0 Å². The average Bonchev–Trinajstić information content (AvgIpc) is 2.15. The van der Waals surface area contributed by atoms with Crippen molar-refractivity contribution in [1.29, 1.82) is 0 Å². The summed E-state index contributed by atoms with van der Waals surface area (Å²) in [6.07, 6.45) is 0. The Hall–Kier alpha value is -1.10. The minimum absolute atomic E-state index is 0.157. The van der Waals surface area contributed by atoms with E-state index >= 15 is 0 Å². The quantitative estimate of drug-likeness (QED) is 0.566. The lowest BCUT2D eigenvalue weighted by Gasteiger charge is -2.14. The summed E-state index contributed by atoms with van der Waals surface area (Å²) < 4.78 is 0. The number of amides is 2. The first-order valence-electron chi connectivity index (χ1n) is 5.27. The van der Waals surface area contributed by atoms with Gasteiger partial charge in [-0.15, -0.1) is 0 Å². The summed E-state index contributed by atoms with van der Waals surface area (Å²) in [6.45, 7) is 8.23. The van der Waals surface area contributed by atoms with Crippen molar-refractivity contribution in [3.05, 3.63) is 0 Å². The van der Waals surface area contributed by atoms with Gasteiger partial charge in [0.25, 0.3) is 0 Å². The lowest BCUT2D eigenvalue weighted by atomic mass is 10.3. The number of hydrogen-bond acceptors (Lipinski definition) is 3. The van der Waals surface area contributed by atoms with Crippen molar-refractivity contribution < 1.29 is 9.59 Å². The first-order valence-corrected chi connectivity index (χ1v) is 5.27. The maximum Gasteiger partial charge on any atom is 0.242 e. The van der Waals surface area contributed by atoms with Gasteiger partial charge in [-0.2, -0.15) is 0 Å². The summed E-state index contributed by atoms with van der Waals surface area (Å²) >= 11 is 0. The van der Waals surface area contributed by atoms with Crippen LogP contribution >= 0.6 is 0 Å². The van der Waals surface area contributed by atoms with Crippen LogP contribution in [0.15, 0.2) is 0 Å².